The van der Waals surface area contributed by atoms with Crippen molar-refractivity contribution in [2.45, 2.75) is 44.3 Å². The van der Waals surface area contributed by atoms with Gasteiger partial charge in [0.1, 0.15) is 20.0 Å². The van der Waals surface area contributed by atoms with Gasteiger partial charge in [0, 0.05) is 17.7 Å². The van der Waals surface area contributed by atoms with E-state index in [1.54, 1.807) is 43.6 Å². The van der Waals surface area contributed by atoms with Crippen LogP contribution in [0.4, 0.5) is 0 Å². The van der Waals surface area contributed by atoms with Crippen molar-refractivity contribution in [3.8, 4) is 5.75 Å². The van der Waals surface area contributed by atoms with Gasteiger partial charge in [-0.2, -0.15) is 0 Å². The Labute approximate surface area is 156 Å². The molecule has 2 aromatic heterocycles. The Bertz CT molecular complexity index is 851. The summed E-state index contributed by atoms with van der Waals surface area (Å²) in [6.07, 6.45) is 3.23. The molecule has 0 spiro atoms. The second-order valence-corrected chi connectivity index (χ2v) is 11.3. The van der Waals surface area contributed by atoms with Crippen molar-refractivity contribution in [2.24, 2.45) is 5.41 Å². The highest BCUT2D eigenvalue weighted by atomic mass is 127. The average Bonchev–Trinajstić information content (AvgIpc) is 2.84. The Balaban J connectivity index is 2.62. The van der Waals surface area contributed by atoms with E-state index in [0.29, 0.717) is 5.65 Å². The van der Waals surface area contributed by atoms with Gasteiger partial charge in [-0.25, -0.2) is 13.4 Å². The highest BCUT2D eigenvalue weighted by molar-refractivity contribution is 14.1. The van der Waals surface area contributed by atoms with Crippen LogP contribution in [0, 0.1) is 9.12 Å². The minimum Gasteiger partial charge on any atom is -0.491 e. The molecule has 0 radical (unpaired) electrons. The number of aromatic nitrogens is 2. The van der Waals surface area contributed by atoms with Crippen molar-refractivity contribution in [2.75, 3.05) is 13.2 Å². The fourth-order valence-electron chi connectivity index (χ4n) is 1.92. The molecule has 0 aliphatic heterocycles. The van der Waals surface area contributed by atoms with Crippen LogP contribution in [0.25, 0.3) is 5.65 Å². The molecular formula is C16H23IN2O4S. The maximum absolute atomic E-state index is 13.0. The lowest BCUT2D eigenvalue weighted by molar-refractivity contribution is 0.0960. The number of hydrogen-bond donors (Lipinski definition) is 1. The van der Waals surface area contributed by atoms with Crippen LogP contribution in [0.15, 0.2) is 23.4 Å². The van der Waals surface area contributed by atoms with Crippen LogP contribution in [-0.2, 0) is 9.84 Å². The summed E-state index contributed by atoms with van der Waals surface area (Å²) >= 11 is 2.10. The van der Waals surface area contributed by atoms with Gasteiger partial charge in [0.25, 0.3) is 0 Å². The van der Waals surface area contributed by atoms with Crippen LogP contribution in [0.3, 0.4) is 0 Å². The van der Waals surface area contributed by atoms with E-state index in [1.165, 1.54) is 0 Å². The van der Waals surface area contributed by atoms with Crippen LogP contribution in [0.1, 0.15) is 34.6 Å². The molecule has 6 nitrogen and oxygen atoms in total. The molecule has 0 aliphatic rings. The van der Waals surface area contributed by atoms with E-state index < -0.39 is 20.0 Å². The number of imidazole rings is 1. The maximum atomic E-state index is 13.0. The molecule has 8 heteroatoms. The normalized spacial score (nSPS) is 13.5. The van der Waals surface area contributed by atoms with Gasteiger partial charge in [-0.05, 0) is 43.4 Å². The molecule has 0 amide bonds. The molecule has 0 atom stereocenters. The summed E-state index contributed by atoms with van der Waals surface area (Å²) in [5.74, 6) is 0.265. The molecule has 134 valence electrons. The first-order valence-electron chi connectivity index (χ1n) is 7.54. The molecular weight excluding hydrogens is 443 g/mol. The van der Waals surface area contributed by atoms with E-state index in [-0.39, 0.29) is 23.9 Å². The topological polar surface area (TPSA) is 80.9 Å². The first-order chi connectivity index (χ1) is 10.9. The first-order valence-corrected chi connectivity index (χ1v) is 10.1. The number of halogens is 1. The lowest BCUT2D eigenvalue weighted by Crippen LogP contribution is -2.30. The number of sulfone groups is 1. The van der Waals surface area contributed by atoms with E-state index in [2.05, 4.69) is 27.6 Å². The molecule has 0 aliphatic carbocycles. The average molecular weight is 466 g/mol. The van der Waals surface area contributed by atoms with Gasteiger partial charge in [-0.1, -0.05) is 13.8 Å². The Kier molecular flexibility index (Phi) is 5.23. The third kappa shape index (κ3) is 3.70. The Hall–Kier alpha value is -0.870. The molecule has 0 saturated carbocycles. The molecule has 24 heavy (non-hydrogen) atoms. The molecule has 1 N–H and O–H groups in total. The minimum atomic E-state index is -3.61. The molecule has 0 bridgehead atoms. The molecule has 0 saturated heterocycles. The highest BCUT2D eigenvalue weighted by Gasteiger charge is 2.34. The molecule has 0 unspecified atom stereocenters. The monoisotopic (exact) mass is 466 g/mol. The third-order valence-electron chi connectivity index (χ3n) is 3.67. The van der Waals surface area contributed by atoms with E-state index in [4.69, 9.17) is 4.74 Å². The Morgan fingerprint density at radius 2 is 1.92 bits per heavy atom. The number of aliphatic hydroxyl groups excluding tert-OH is 1. The molecule has 2 rings (SSSR count). The first kappa shape index (κ1) is 19.5. The van der Waals surface area contributed by atoms with Gasteiger partial charge in [0.05, 0.1) is 24.2 Å². The molecule has 2 heterocycles. The summed E-state index contributed by atoms with van der Waals surface area (Å²) in [7, 11) is -3.61. The Morgan fingerprint density at radius 1 is 1.29 bits per heavy atom. The second-order valence-electron chi connectivity index (χ2n) is 7.54. The van der Waals surface area contributed by atoms with Crippen LogP contribution in [-0.4, -0.2) is 40.9 Å². The van der Waals surface area contributed by atoms with Gasteiger partial charge in [0.15, 0.2) is 9.84 Å². The lowest BCUT2D eigenvalue weighted by atomic mass is 9.97. The fraction of sp³-hybridized carbons (Fsp3) is 0.562. The molecule has 0 aromatic carbocycles. The highest BCUT2D eigenvalue weighted by Crippen LogP contribution is 2.34. The van der Waals surface area contributed by atoms with E-state index in [0.717, 1.165) is 3.70 Å². The fourth-order valence-corrected chi connectivity index (χ4v) is 3.73. The number of aliphatic hydroxyl groups is 1. The van der Waals surface area contributed by atoms with Crippen molar-refractivity contribution in [1.29, 1.82) is 0 Å². The van der Waals surface area contributed by atoms with Crippen molar-refractivity contribution in [1.82, 2.24) is 9.38 Å². The standard InChI is InChI=1S/C16H23IN2O4S/c1-15(2,3)24(21,22)12-8-19-13(17)7-18-14(19)6-11(12)23-10-16(4,5)9-20/h6-8,20H,9-10H2,1-5H3. The van der Waals surface area contributed by atoms with Gasteiger partial charge >= 0.3 is 0 Å². The minimum absolute atomic E-state index is 0.0577. The van der Waals surface area contributed by atoms with Crippen LogP contribution in [0.5, 0.6) is 5.75 Å². The summed E-state index contributed by atoms with van der Waals surface area (Å²) in [5, 5.41) is 9.39. The maximum Gasteiger partial charge on any atom is 0.188 e. The lowest BCUT2D eigenvalue weighted by Gasteiger charge is -2.25. The van der Waals surface area contributed by atoms with Crippen molar-refractivity contribution >= 4 is 38.1 Å². The zero-order valence-corrected chi connectivity index (χ0v) is 17.5. The SMILES string of the molecule is CC(C)(CO)COc1cc2ncc(I)n2cc1S(=O)(=O)C(C)(C)C. The summed E-state index contributed by atoms with van der Waals surface area (Å²) < 4.78 is 33.3. The second kappa shape index (κ2) is 6.45. The zero-order chi connectivity index (χ0) is 18.3. The van der Waals surface area contributed by atoms with Crippen molar-refractivity contribution < 1.29 is 18.3 Å². The number of hydrogen-bond acceptors (Lipinski definition) is 5. The van der Waals surface area contributed by atoms with Crippen molar-refractivity contribution in [3.05, 3.63) is 22.2 Å². The van der Waals surface area contributed by atoms with Gasteiger partial charge < -0.3 is 9.84 Å². The van der Waals surface area contributed by atoms with Crippen molar-refractivity contribution in [3.63, 3.8) is 0 Å². The number of fused-ring (bicyclic) bond motifs is 1. The number of rotatable bonds is 5. The molecule has 2 aromatic rings. The molecule has 0 fully saturated rings. The largest absolute Gasteiger partial charge is 0.491 e. The Morgan fingerprint density at radius 3 is 2.46 bits per heavy atom. The number of pyridine rings is 1. The van der Waals surface area contributed by atoms with Crippen LogP contribution < -0.4 is 4.74 Å². The van der Waals surface area contributed by atoms with Gasteiger partial charge in [-0.15, -0.1) is 0 Å². The summed E-state index contributed by atoms with van der Waals surface area (Å²) in [6, 6.07) is 1.63. The zero-order valence-electron chi connectivity index (χ0n) is 14.5. The predicted octanol–water partition coefficient (Wildman–Crippen LogP) is 2.91. The van der Waals surface area contributed by atoms with Crippen LogP contribution in [0.2, 0.25) is 0 Å². The van der Waals surface area contributed by atoms with E-state index in [1.807, 2.05) is 13.8 Å². The van der Waals surface area contributed by atoms with Gasteiger partial charge in [-0.3, -0.25) is 4.40 Å². The quantitative estimate of drug-likeness (QED) is 0.686. The summed E-state index contributed by atoms with van der Waals surface area (Å²) in [4.78, 5) is 4.39. The number of ether oxygens (including phenoxy) is 1. The predicted molar refractivity (Wildman–Crippen MR) is 101 cm³/mol. The van der Waals surface area contributed by atoms with Crippen LogP contribution >= 0.6 is 22.6 Å². The number of nitrogens with zero attached hydrogens (tertiary/aromatic N) is 2. The van der Waals surface area contributed by atoms with E-state index in [9.17, 15) is 13.5 Å². The third-order valence-corrected chi connectivity index (χ3v) is 6.97. The summed E-state index contributed by atoms with van der Waals surface area (Å²) in [6.45, 7) is 8.82. The summed E-state index contributed by atoms with van der Waals surface area (Å²) in [5.41, 5.74) is 0.141. The van der Waals surface area contributed by atoms with Gasteiger partial charge in [0.2, 0.25) is 0 Å². The van der Waals surface area contributed by atoms with E-state index >= 15 is 0 Å². The smallest absolute Gasteiger partial charge is 0.188 e.